The van der Waals surface area contributed by atoms with Gasteiger partial charge in [-0.15, -0.1) is 0 Å². The Bertz CT molecular complexity index is 167. The zero-order chi connectivity index (χ0) is 9.94. The second kappa shape index (κ2) is 3.91. The fourth-order valence-corrected chi connectivity index (χ4v) is 2.14. The standard InChI is InChI=1S/C10H20N2/c1-8(2)9(12(5)6)10(3,4)7-11/h8-9H,1-6H3. The van der Waals surface area contributed by atoms with Crippen molar-refractivity contribution in [3.63, 3.8) is 0 Å². The Morgan fingerprint density at radius 2 is 1.67 bits per heavy atom. The van der Waals surface area contributed by atoms with Crippen LogP contribution < -0.4 is 0 Å². The molecule has 0 bridgehead atoms. The number of hydrogen-bond donors (Lipinski definition) is 0. The van der Waals surface area contributed by atoms with Gasteiger partial charge in [-0.25, -0.2) is 0 Å². The van der Waals surface area contributed by atoms with Crippen molar-refractivity contribution in [1.82, 2.24) is 4.90 Å². The average Bonchev–Trinajstić information content (AvgIpc) is 1.84. The first-order valence-electron chi connectivity index (χ1n) is 4.40. The van der Waals surface area contributed by atoms with Crippen LogP contribution in [0.5, 0.6) is 0 Å². The topological polar surface area (TPSA) is 27.0 Å². The van der Waals surface area contributed by atoms with Crippen molar-refractivity contribution >= 4 is 0 Å². The Labute approximate surface area is 76.2 Å². The van der Waals surface area contributed by atoms with E-state index in [9.17, 15) is 0 Å². The third kappa shape index (κ3) is 2.49. The van der Waals surface area contributed by atoms with E-state index >= 15 is 0 Å². The predicted molar refractivity (Wildman–Crippen MR) is 51.7 cm³/mol. The molecule has 70 valence electrons. The fourth-order valence-electron chi connectivity index (χ4n) is 2.14. The first-order chi connectivity index (χ1) is 5.33. The molecular formula is C10H20N2. The molecule has 1 atom stereocenters. The molecule has 2 nitrogen and oxygen atoms in total. The Kier molecular flexibility index (Phi) is 3.73. The van der Waals surface area contributed by atoms with Gasteiger partial charge in [0.2, 0.25) is 0 Å². The van der Waals surface area contributed by atoms with Gasteiger partial charge in [-0.2, -0.15) is 5.26 Å². The van der Waals surface area contributed by atoms with Crippen LogP contribution in [0, 0.1) is 22.7 Å². The van der Waals surface area contributed by atoms with Gasteiger partial charge in [0, 0.05) is 6.04 Å². The van der Waals surface area contributed by atoms with E-state index in [2.05, 4.69) is 24.8 Å². The van der Waals surface area contributed by atoms with E-state index in [-0.39, 0.29) is 5.41 Å². The second-order valence-electron chi connectivity index (χ2n) is 4.49. The number of nitriles is 1. The van der Waals surface area contributed by atoms with Crippen LogP contribution in [0.15, 0.2) is 0 Å². The van der Waals surface area contributed by atoms with Gasteiger partial charge in [0.1, 0.15) is 0 Å². The van der Waals surface area contributed by atoms with E-state index in [0.29, 0.717) is 12.0 Å². The summed E-state index contributed by atoms with van der Waals surface area (Å²) in [6.07, 6.45) is 0. The minimum atomic E-state index is -0.266. The molecule has 0 saturated carbocycles. The Balaban J connectivity index is 4.65. The van der Waals surface area contributed by atoms with E-state index in [0.717, 1.165) is 0 Å². The summed E-state index contributed by atoms with van der Waals surface area (Å²) in [6, 6.07) is 2.68. The summed E-state index contributed by atoms with van der Waals surface area (Å²) >= 11 is 0. The lowest BCUT2D eigenvalue weighted by Crippen LogP contribution is -2.44. The van der Waals surface area contributed by atoms with Gasteiger partial charge >= 0.3 is 0 Å². The summed E-state index contributed by atoms with van der Waals surface area (Å²) in [5.74, 6) is 0.509. The van der Waals surface area contributed by atoms with Crippen molar-refractivity contribution in [3.05, 3.63) is 0 Å². The zero-order valence-electron chi connectivity index (χ0n) is 9.05. The van der Waals surface area contributed by atoms with Crippen LogP contribution in [0.1, 0.15) is 27.7 Å². The molecule has 0 saturated heterocycles. The largest absolute Gasteiger partial charge is 0.305 e. The highest BCUT2D eigenvalue weighted by atomic mass is 15.1. The highest BCUT2D eigenvalue weighted by molar-refractivity contribution is 5.01. The maximum atomic E-state index is 8.99. The number of rotatable bonds is 3. The number of hydrogen-bond acceptors (Lipinski definition) is 2. The molecule has 0 spiro atoms. The molecular weight excluding hydrogens is 148 g/mol. The minimum Gasteiger partial charge on any atom is -0.305 e. The molecule has 0 heterocycles. The smallest absolute Gasteiger partial charge is 0.0700 e. The Hall–Kier alpha value is -0.550. The van der Waals surface area contributed by atoms with Gasteiger partial charge in [-0.3, -0.25) is 0 Å². The lowest BCUT2D eigenvalue weighted by molar-refractivity contribution is 0.134. The molecule has 0 N–H and O–H groups in total. The van der Waals surface area contributed by atoms with Gasteiger partial charge in [0.15, 0.2) is 0 Å². The predicted octanol–water partition coefficient (Wildman–Crippen LogP) is 2.12. The SMILES string of the molecule is CC(C)C(N(C)C)C(C)(C)C#N. The third-order valence-electron chi connectivity index (χ3n) is 2.22. The summed E-state index contributed by atoms with van der Waals surface area (Å²) in [5.41, 5.74) is -0.266. The van der Waals surface area contributed by atoms with Gasteiger partial charge in [0.25, 0.3) is 0 Å². The van der Waals surface area contributed by atoms with Crippen LogP contribution in [-0.2, 0) is 0 Å². The fraction of sp³-hybridized carbons (Fsp3) is 0.900. The van der Waals surface area contributed by atoms with E-state index in [4.69, 9.17) is 5.26 Å². The first kappa shape index (κ1) is 11.4. The highest BCUT2D eigenvalue weighted by Gasteiger charge is 2.33. The molecule has 0 aliphatic carbocycles. The van der Waals surface area contributed by atoms with E-state index in [1.165, 1.54) is 0 Å². The number of nitrogens with zero attached hydrogens (tertiary/aromatic N) is 2. The third-order valence-corrected chi connectivity index (χ3v) is 2.22. The Morgan fingerprint density at radius 3 is 1.75 bits per heavy atom. The summed E-state index contributed by atoms with van der Waals surface area (Å²) in [7, 11) is 4.06. The Morgan fingerprint density at radius 1 is 1.25 bits per heavy atom. The minimum absolute atomic E-state index is 0.266. The maximum Gasteiger partial charge on any atom is 0.0700 e. The van der Waals surface area contributed by atoms with Crippen molar-refractivity contribution in [2.75, 3.05) is 14.1 Å². The summed E-state index contributed by atoms with van der Waals surface area (Å²) in [5, 5.41) is 8.99. The van der Waals surface area contributed by atoms with Crippen molar-refractivity contribution in [2.24, 2.45) is 11.3 Å². The lowest BCUT2D eigenvalue weighted by Gasteiger charge is -2.36. The van der Waals surface area contributed by atoms with Gasteiger partial charge in [-0.1, -0.05) is 13.8 Å². The molecule has 0 rings (SSSR count). The van der Waals surface area contributed by atoms with Gasteiger partial charge in [0.05, 0.1) is 11.5 Å². The summed E-state index contributed by atoms with van der Waals surface area (Å²) < 4.78 is 0. The lowest BCUT2D eigenvalue weighted by atomic mass is 9.79. The average molecular weight is 168 g/mol. The van der Waals surface area contributed by atoms with E-state index < -0.39 is 0 Å². The normalized spacial score (nSPS) is 14.9. The zero-order valence-corrected chi connectivity index (χ0v) is 9.05. The van der Waals surface area contributed by atoms with Crippen molar-refractivity contribution in [1.29, 1.82) is 5.26 Å². The van der Waals surface area contributed by atoms with E-state index in [1.807, 2.05) is 27.9 Å². The van der Waals surface area contributed by atoms with Crippen molar-refractivity contribution < 1.29 is 0 Å². The van der Waals surface area contributed by atoms with Crippen molar-refractivity contribution in [2.45, 2.75) is 33.7 Å². The molecule has 0 amide bonds. The molecule has 1 unspecified atom stereocenters. The van der Waals surface area contributed by atoms with Crippen molar-refractivity contribution in [3.8, 4) is 6.07 Å². The van der Waals surface area contributed by atoms with Crippen LogP contribution in [0.3, 0.4) is 0 Å². The van der Waals surface area contributed by atoms with Crippen LogP contribution in [0.4, 0.5) is 0 Å². The highest BCUT2D eigenvalue weighted by Crippen LogP contribution is 2.28. The molecule has 12 heavy (non-hydrogen) atoms. The molecule has 0 aromatic carbocycles. The summed E-state index contributed by atoms with van der Waals surface area (Å²) in [6.45, 7) is 8.31. The molecule has 0 aliphatic heterocycles. The van der Waals surface area contributed by atoms with E-state index in [1.54, 1.807) is 0 Å². The van der Waals surface area contributed by atoms with Crippen LogP contribution in [-0.4, -0.2) is 25.0 Å². The molecule has 0 aromatic heterocycles. The quantitative estimate of drug-likeness (QED) is 0.645. The van der Waals surface area contributed by atoms with Crippen LogP contribution >= 0.6 is 0 Å². The van der Waals surface area contributed by atoms with Crippen LogP contribution in [0.2, 0.25) is 0 Å². The van der Waals surface area contributed by atoms with Crippen LogP contribution in [0.25, 0.3) is 0 Å². The maximum absolute atomic E-state index is 8.99. The molecule has 0 aromatic rings. The summed E-state index contributed by atoms with van der Waals surface area (Å²) in [4.78, 5) is 2.13. The molecule has 0 radical (unpaired) electrons. The monoisotopic (exact) mass is 168 g/mol. The first-order valence-corrected chi connectivity index (χ1v) is 4.40. The van der Waals surface area contributed by atoms with Gasteiger partial charge < -0.3 is 4.90 Å². The second-order valence-corrected chi connectivity index (χ2v) is 4.49. The molecule has 0 aliphatic rings. The molecule has 2 heteroatoms. The van der Waals surface area contributed by atoms with Gasteiger partial charge in [-0.05, 0) is 33.9 Å². The molecule has 0 fully saturated rings.